The van der Waals surface area contributed by atoms with Crippen molar-refractivity contribution in [1.82, 2.24) is 14.8 Å². The van der Waals surface area contributed by atoms with Crippen LogP contribution in [0.2, 0.25) is 5.02 Å². The Bertz CT molecular complexity index is 1080. The van der Waals surface area contributed by atoms with E-state index < -0.39 is 0 Å². The first-order valence-corrected chi connectivity index (χ1v) is 8.74. The standard InChI is InChI=1S/C20H17ClN4O/c1-2-25-17-6-4-3-5-14(17)11-18(25)16-12-19(24-23-16)22-20(26)13-7-9-15(21)10-8-13/h3-12H,2H2,1H3,(H2,22,23,24,26). The molecular formula is C20H17ClN4O. The maximum absolute atomic E-state index is 12.3. The lowest BCUT2D eigenvalue weighted by molar-refractivity contribution is 0.102. The number of anilines is 1. The van der Waals surface area contributed by atoms with E-state index in [1.807, 2.05) is 18.2 Å². The second kappa shape index (κ2) is 6.69. The summed E-state index contributed by atoms with van der Waals surface area (Å²) in [6.45, 7) is 2.95. The van der Waals surface area contributed by atoms with E-state index in [4.69, 9.17) is 11.6 Å². The zero-order chi connectivity index (χ0) is 18.1. The molecule has 2 heterocycles. The second-order valence-corrected chi connectivity index (χ2v) is 6.40. The molecule has 0 saturated carbocycles. The van der Waals surface area contributed by atoms with Crippen molar-refractivity contribution in [1.29, 1.82) is 0 Å². The molecule has 2 N–H and O–H groups in total. The van der Waals surface area contributed by atoms with E-state index in [-0.39, 0.29) is 5.91 Å². The highest BCUT2D eigenvalue weighted by Gasteiger charge is 2.13. The van der Waals surface area contributed by atoms with Crippen molar-refractivity contribution in [2.75, 3.05) is 5.32 Å². The number of amides is 1. The van der Waals surface area contributed by atoms with Gasteiger partial charge in [-0.3, -0.25) is 9.89 Å². The Balaban J connectivity index is 1.62. The molecule has 2 aromatic carbocycles. The number of aromatic amines is 1. The summed E-state index contributed by atoms with van der Waals surface area (Å²) in [5.41, 5.74) is 3.59. The SMILES string of the molecule is CCn1c(-c2cc(NC(=O)c3ccc(Cl)cc3)n[nH]2)cc2ccccc21. The van der Waals surface area contributed by atoms with E-state index in [1.165, 1.54) is 10.9 Å². The number of carbonyl (C=O) groups is 1. The number of H-pyrrole nitrogens is 1. The monoisotopic (exact) mass is 364 g/mol. The highest BCUT2D eigenvalue weighted by Crippen LogP contribution is 2.28. The van der Waals surface area contributed by atoms with Crippen LogP contribution in [0.5, 0.6) is 0 Å². The van der Waals surface area contributed by atoms with E-state index in [1.54, 1.807) is 24.3 Å². The van der Waals surface area contributed by atoms with Gasteiger partial charge in [-0.1, -0.05) is 29.8 Å². The fraction of sp³-hybridized carbons (Fsp3) is 0.100. The van der Waals surface area contributed by atoms with Crippen molar-refractivity contribution in [2.24, 2.45) is 0 Å². The van der Waals surface area contributed by atoms with Gasteiger partial charge in [0.15, 0.2) is 5.82 Å². The number of nitrogens with one attached hydrogen (secondary N) is 2. The Labute approximate surface area is 155 Å². The third-order valence-electron chi connectivity index (χ3n) is 4.33. The number of benzene rings is 2. The van der Waals surface area contributed by atoms with E-state index in [9.17, 15) is 4.79 Å². The molecular weight excluding hydrogens is 348 g/mol. The number of nitrogens with zero attached hydrogens (tertiary/aromatic N) is 2. The molecule has 26 heavy (non-hydrogen) atoms. The van der Waals surface area contributed by atoms with Gasteiger partial charge in [0.1, 0.15) is 0 Å². The van der Waals surface area contributed by atoms with E-state index in [0.717, 1.165) is 17.9 Å². The van der Waals surface area contributed by atoms with Crippen LogP contribution in [0, 0.1) is 0 Å². The van der Waals surface area contributed by atoms with Crippen LogP contribution < -0.4 is 5.32 Å². The molecule has 6 heteroatoms. The molecule has 0 atom stereocenters. The number of halogens is 1. The van der Waals surface area contributed by atoms with Gasteiger partial charge in [-0.2, -0.15) is 5.10 Å². The lowest BCUT2D eigenvalue weighted by Gasteiger charge is -2.05. The number of hydrogen-bond acceptors (Lipinski definition) is 2. The largest absolute Gasteiger partial charge is 0.340 e. The van der Waals surface area contributed by atoms with Crippen molar-refractivity contribution in [3.63, 3.8) is 0 Å². The third-order valence-corrected chi connectivity index (χ3v) is 4.58. The van der Waals surface area contributed by atoms with Gasteiger partial charge in [0.05, 0.1) is 11.4 Å². The fourth-order valence-electron chi connectivity index (χ4n) is 3.08. The van der Waals surface area contributed by atoms with Crippen LogP contribution >= 0.6 is 11.6 Å². The molecule has 0 bridgehead atoms. The van der Waals surface area contributed by atoms with Gasteiger partial charge >= 0.3 is 0 Å². The Hall–Kier alpha value is -3.05. The summed E-state index contributed by atoms with van der Waals surface area (Å²) < 4.78 is 2.22. The van der Waals surface area contributed by atoms with E-state index in [2.05, 4.69) is 45.2 Å². The number of para-hydroxylation sites is 1. The maximum Gasteiger partial charge on any atom is 0.256 e. The number of carbonyl (C=O) groups excluding carboxylic acids is 1. The van der Waals surface area contributed by atoms with Crippen LogP contribution in [0.25, 0.3) is 22.3 Å². The quantitative estimate of drug-likeness (QED) is 0.537. The molecule has 0 spiro atoms. The molecule has 4 aromatic rings. The lowest BCUT2D eigenvalue weighted by atomic mass is 10.2. The second-order valence-electron chi connectivity index (χ2n) is 5.96. The van der Waals surface area contributed by atoms with E-state index in [0.29, 0.717) is 16.4 Å². The van der Waals surface area contributed by atoms with Crippen LogP contribution in [0.15, 0.2) is 60.7 Å². The van der Waals surface area contributed by atoms with Crippen LogP contribution in [0.4, 0.5) is 5.82 Å². The average molecular weight is 365 g/mol. The molecule has 0 radical (unpaired) electrons. The third kappa shape index (κ3) is 2.97. The summed E-state index contributed by atoms with van der Waals surface area (Å²) in [5, 5.41) is 11.8. The number of hydrogen-bond donors (Lipinski definition) is 2. The van der Waals surface area contributed by atoms with Gasteiger partial charge in [0.2, 0.25) is 0 Å². The van der Waals surface area contributed by atoms with Gasteiger partial charge in [-0.15, -0.1) is 0 Å². The molecule has 2 aromatic heterocycles. The van der Waals surface area contributed by atoms with Crippen LogP contribution in [0.1, 0.15) is 17.3 Å². The number of fused-ring (bicyclic) bond motifs is 1. The Morgan fingerprint density at radius 1 is 1.15 bits per heavy atom. The van der Waals surface area contributed by atoms with Gasteiger partial charge < -0.3 is 9.88 Å². The maximum atomic E-state index is 12.3. The summed E-state index contributed by atoms with van der Waals surface area (Å²) in [6, 6.07) is 18.9. The molecule has 0 fully saturated rings. The molecule has 0 aliphatic rings. The average Bonchev–Trinajstić information content (AvgIpc) is 3.26. The fourth-order valence-corrected chi connectivity index (χ4v) is 3.21. The lowest BCUT2D eigenvalue weighted by Crippen LogP contribution is -2.11. The minimum atomic E-state index is -0.226. The van der Waals surface area contributed by atoms with E-state index >= 15 is 0 Å². The Morgan fingerprint density at radius 2 is 1.92 bits per heavy atom. The van der Waals surface area contributed by atoms with Gasteiger partial charge in [0.25, 0.3) is 5.91 Å². The molecule has 0 aliphatic carbocycles. The predicted molar refractivity (Wildman–Crippen MR) is 105 cm³/mol. The van der Waals surface area contributed by atoms with Gasteiger partial charge in [-0.25, -0.2) is 0 Å². The molecule has 130 valence electrons. The summed E-state index contributed by atoms with van der Waals surface area (Å²) in [6.07, 6.45) is 0. The van der Waals surface area contributed by atoms with Crippen LogP contribution in [-0.4, -0.2) is 20.7 Å². The van der Waals surface area contributed by atoms with Crippen molar-refractivity contribution >= 4 is 34.2 Å². The zero-order valence-corrected chi connectivity index (χ0v) is 14.9. The molecule has 1 amide bonds. The van der Waals surface area contributed by atoms with Gasteiger partial charge in [0, 0.05) is 34.1 Å². The van der Waals surface area contributed by atoms with Gasteiger partial charge in [-0.05, 0) is 43.3 Å². The normalized spacial score (nSPS) is 11.0. The Morgan fingerprint density at radius 3 is 2.69 bits per heavy atom. The Kier molecular flexibility index (Phi) is 4.22. The van der Waals surface area contributed by atoms with Crippen LogP contribution in [0.3, 0.4) is 0 Å². The number of rotatable bonds is 4. The zero-order valence-electron chi connectivity index (χ0n) is 14.2. The number of aromatic nitrogens is 3. The predicted octanol–water partition coefficient (Wildman–Crippen LogP) is 4.96. The van der Waals surface area contributed by atoms with Crippen molar-refractivity contribution < 1.29 is 4.79 Å². The smallest absolute Gasteiger partial charge is 0.256 e. The highest BCUT2D eigenvalue weighted by atomic mass is 35.5. The number of aryl methyl sites for hydroxylation is 1. The van der Waals surface area contributed by atoms with Crippen molar-refractivity contribution in [3.8, 4) is 11.4 Å². The summed E-state index contributed by atoms with van der Waals surface area (Å²) >= 11 is 5.86. The first kappa shape index (κ1) is 16.4. The minimum Gasteiger partial charge on any atom is -0.340 e. The molecule has 4 rings (SSSR count). The highest BCUT2D eigenvalue weighted by molar-refractivity contribution is 6.30. The first-order valence-electron chi connectivity index (χ1n) is 8.36. The molecule has 5 nitrogen and oxygen atoms in total. The first-order chi connectivity index (χ1) is 12.7. The summed E-state index contributed by atoms with van der Waals surface area (Å²) in [7, 11) is 0. The molecule has 0 saturated heterocycles. The topological polar surface area (TPSA) is 62.7 Å². The summed E-state index contributed by atoms with van der Waals surface area (Å²) in [5.74, 6) is 0.253. The molecule has 0 aliphatic heterocycles. The minimum absolute atomic E-state index is 0.226. The van der Waals surface area contributed by atoms with Crippen molar-refractivity contribution in [3.05, 3.63) is 71.2 Å². The molecule has 0 unspecified atom stereocenters. The van der Waals surface area contributed by atoms with Crippen molar-refractivity contribution in [2.45, 2.75) is 13.5 Å². The summed E-state index contributed by atoms with van der Waals surface area (Å²) in [4.78, 5) is 12.3. The van der Waals surface area contributed by atoms with Crippen LogP contribution in [-0.2, 0) is 6.54 Å².